The predicted molar refractivity (Wildman–Crippen MR) is 95.8 cm³/mol. The fourth-order valence-corrected chi connectivity index (χ4v) is 3.33. The van der Waals surface area contributed by atoms with Crippen molar-refractivity contribution in [2.75, 3.05) is 13.2 Å². The van der Waals surface area contributed by atoms with Crippen LogP contribution in [0.3, 0.4) is 0 Å². The third-order valence-electron chi connectivity index (χ3n) is 3.69. The van der Waals surface area contributed by atoms with Gasteiger partial charge in [0.15, 0.2) is 5.69 Å². The van der Waals surface area contributed by atoms with Crippen molar-refractivity contribution in [1.29, 1.82) is 0 Å². The van der Waals surface area contributed by atoms with E-state index >= 15 is 0 Å². The zero-order valence-corrected chi connectivity index (χ0v) is 15.6. The Bertz CT molecular complexity index is 524. The molecule has 0 aliphatic heterocycles. The van der Waals surface area contributed by atoms with Gasteiger partial charge in [-0.05, 0) is 32.2 Å². The number of hydrogen-bond acceptors (Lipinski definition) is 7. The molecule has 0 aliphatic carbocycles. The number of carbonyl (C=O) groups is 2. The number of hydrogen-bond donors (Lipinski definition) is 1. The van der Waals surface area contributed by atoms with Gasteiger partial charge in [0.25, 0.3) is 7.41 Å². The normalized spacial score (nSPS) is 13.8. The van der Waals surface area contributed by atoms with Gasteiger partial charge in [-0.1, -0.05) is 20.8 Å². The Morgan fingerprint density at radius 3 is 2.75 bits per heavy atom. The standard InChI is InChI=1S/C16H26BN2O4S/c1-5-7-19(17-10-20)13(11(3)4)8-14(21)15-18-12(9-24-15)16(22)23-6-2/h9-11,13-14,21H,5-8H2,1-4H3/t13-,14-/m0/s1. The van der Waals surface area contributed by atoms with Crippen molar-refractivity contribution in [3.8, 4) is 0 Å². The van der Waals surface area contributed by atoms with Crippen LogP contribution < -0.4 is 0 Å². The van der Waals surface area contributed by atoms with Crippen LogP contribution in [-0.2, 0) is 9.53 Å². The van der Waals surface area contributed by atoms with Crippen molar-refractivity contribution < 1.29 is 19.4 Å². The summed E-state index contributed by atoms with van der Waals surface area (Å²) in [5.74, 6) is -0.221. The SMILES string of the molecule is CCCN([B]C=O)[C@@H](C[C@H](O)c1nc(C(=O)OCC)cs1)C(C)C. The summed E-state index contributed by atoms with van der Waals surface area (Å²) >= 11 is 1.24. The van der Waals surface area contributed by atoms with Crippen molar-refractivity contribution in [3.05, 3.63) is 16.1 Å². The molecule has 8 heteroatoms. The molecule has 0 aliphatic rings. The molecule has 0 aromatic carbocycles. The van der Waals surface area contributed by atoms with Crippen LogP contribution in [0.25, 0.3) is 0 Å². The summed E-state index contributed by atoms with van der Waals surface area (Å²) in [6.07, 6.45) is 1.34. The average Bonchev–Trinajstić information content (AvgIpc) is 3.02. The van der Waals surface area contributed by atoms with Crippen molar-refractivity contribution >= 4 is 30.9 Å². The number of nitrogens with zero attached hydrogens (tertiary/aromatic N) is 2. The lowest BCUT2D eigenvalue weighted by Crippen LogP contribution is -2.43. The van der Waals surface area contributed by atoms with E-state index in [9.17, 15) is 14.7 Å². The van der Waals surface area contributed by atoms with Crippen LogP contribution in [0.4, 0.5) is 0 Å². The maximum atomic E-state index is 11.7. The zero-order chi connectivity index (χ0) is 18.1. The van der Waals surface area contributed by atoms with Crippen molar-refractivity contribution in [3.63, 3.8) is 0 Å². The van der Waals surface area contributed by atoms with Gasteiger partial charge in [-0.3, -0.25) is 0 Å². The molecule has 1 aromatic heterocycles. The highest BCUT2D eigenvalue weighted by Gasteiger charge is 2.27. The maximum Gasteiger partial charge on any atom is 0.357 e. The van der Waals surface area contributed by atoms with E-state index in [4.69, 9.17) is 4.74 Å². The van der Waals surface area contributed by atoms with Crippen LogP contribution in [0.1, 0.15) is 62.1 Å². The summed E-state index contributed by atoms with van der Waals surface area (Å²) in [6.45, 7) is 8.94. The van der Waals surface area contributed by atoms with Gasteiger partial charge in [-0.15, -0.1) is 11.3 Å². The molecule has 0 spiro atoms. The molecule has 1 N–H and O–H groups in total. The van der Waals surface area contributed by atoms with Gasteiger partial charge in [0, 0.05) is 11.4 Å². The second-order valence-corrected chi connectivity index (χ2v) is 6.77. The van der Waals surface area contributed by atoms with Crippen LogP contribution in [0, 0.1) is 5.92 Å². The molecule has 1 radical (unpaired) electrons. The van der Waals surface area contributed by atoms with E-state index < -0.39 is 12.1 Å². The number of aliphatic hydroxyl groups excluding tert-OH is 1. The topological polar surface area (TPSA) is 79.7 Å². The molecule has 133 valence electrons. The minimum Gasteiger partial charge on any atom is -0.461 e. The summed E-state index contributed by atoms with van der Waals surface area (Å²) in [6, 6.07) is 0.0140. The number of carbonyl (C=O) groups excluding carboxylic acids is 2. The van der Waals surface area contributed by atoms with E-state index in [2.05, 4.69) is 18.8 Å². The minimum atomic E-state index is -0.787. The third-order valence-corrected chi connectivity index (χ3v) is 4.63. The first-order valence-electron chi connectivity index (χ1n) is 8.29. The number of aromatic nitrogens is 1. The lowest BCUT2D eigenvalue weighted by atomic mass is 9.85. The monoisotopic (exact) mass is 353 g/mol. The molecule has 0 saturated heterocycles. The van der Waals surface area contributed by atoms with E-state index in [1.165, 1.54) is 18.8 Å². The highest BCUT2D eigenvalue weighted by atomic mass is 32.1. The molecule has 0 unspecified atom stereocenters. The maximum absolute atomic E-state index is 11.7. The first-order chi connectivity index (χ1) is 11.4. The number of thiazole rings is 1. The summed E-state index contributed by atoms with van der Waals surface area (Å²) in [7, 11) is 1.53. The summed E-state index contributed by atoms with van der Waals surface area (Å²) in [5.41, 5.74) is 0.224. The molecule has 0 bridgehead atoms. The number of esters is 1. The second kappa shape index (κ2) is 10.6. The highest BCUT2D eigenvalue weighted by molar-refractivity contribution is 7.09. The molecular weight excluding hydrogens is 327 g/mol. The number of ether oxygens (including phenoxy) is 1. The van der Waals surface area contributed by atoms with Crippen molar-refractivity contribution in [1.82, 2.24) is 9.79 Å². The predicted octanol–water partition coefficient (Wildman–Crippen LogP) is 2.29. The van der Waals surface area contributed by atoms with Gasteiger partial charge in [-0.2, -0.15) is 0 Å². The molecule has 6 nitrogen and oxygen atoms in total. The van der Waals surface area contributed by atoms with E-state index in [1.807, 2.05) is 11.7 Å². The van der Waals surface area contributed by atoms with E-state index in [0.717, 1.165) is 19.2 Å². The summed E-state index contributed by atoms with van der Waals surface area (Å²) < 4.78 is 4.91. The van der Waals surface area contributed by atoms with Crippen LogP contribution in [0.15, 0.2) is 5.38 Å². The van der Waals surface area contributed by atoms with Crippen LogP contribution >= 0.6 is 11.3 Å². The van der Waals surface area contributed by atoms with E-state index in [0.29, 0.717) is 11.4 Å². The van der Waals surface area contributed by atoms with Crippen LogP contribution in [-0.4, -0.2) is 53.7 Å². The lowest BCUT2D eigenvalue weighted by Gasteiger charge is -2.34. The van der Waals surface area contributed by atoms with Gasteiger partial charge < -0.3 is 19.4 Å². The molecular formula is C16H26BN2O4S. The Kier molecular flexibility index (Phi) is 9.17. The first kappa shape index (κ1) is 20.8. The third kappa shape index (κ3) is 6.00. The molecule has 0 saturated carbocycles. The number of rotatable bonds is 11. The Balaban J connectivity index is 2.82. The van der Waals surface area contributed by atoms with Gasteiger partial charge in [-0.25, -0.2) is 9.78 Å². The number of aliphatic hydroxyl groups is 1. The molecule has 2 atom stereocenters. The van der Waals surface area contributed by atoms with Crippen LogP contribution in [0.2, 0.25) is 0 Å². The minimum absolute atomic E-state index is 0.0140. The molecule has 0 amide bonds. The second-order valence-electron chi connectivity index (χ2n) is 5.88. The quantitative estimate of drug-likeness (QED) is 0.374. The smallest absolute Gasteiger partial charge is 0.357 e. The van der Waals surface area contributed by atoms with Gasteiger partial charge >= 0.3 is 5.97 Å². The van der Waals surface area contributed by atoms with Crippen molar-refractivity contribution in [2.24, 2.45) is 5.92 Å². The molecule has 24 heavy (non-hydrogen) atoms. The molecule has 0 fully saturated rings. The van der Waals surface area contributed by atoms with Crippen LogP contribution in [0.5, 0.6) is 0 Å². The summed E-state index contributed by atoms with van der Waals surface area (Å²) in [5, 5.41) is 12.6. The fraction of sp³-hybridized carbons (Fsp3) is 0.688. The van der Waals surface area contributed by atoms with Gasteiger partial charge in [0.05, 0.1) is 12.8 Å². The Morgan fingerprint density at radius 2 is 2.21 bits per heavy atom. The average molecular weight is 353 g/mol. The van der Waals surface area contributed by atoms with Crippen molar-refractivity contribution in [2.45, 2.75) is 52.7 Å². The fourth-order valence-electron chi connectivity index (χ4n) is 2.55. The summed E-state index contributed by atoms with van der Waals surface area (Å²) in [4.78, 5) is 28.7. The lowest BCUT2D eigenvalue weighted by molar-refractivity contribution is 0.0519. The largest absolute Gasteiger partial charge is 0.461 e. The molecule has 1 aromatic rings. The molecule has 1 rings (SSSR count). The highest BCUT2D eigenvalue weighted by Crippen LogP contribution is 2.27. The van der Waals surface area contributed by atoms with Gasteiger partial charge in [0.2, 0.25) is 0 Å². The zero-order valence-electron chi connectivity index (χ0n) is 14.8. The Hall–Kier alpha value is -1.25. The van der Waals surface area contributed by atoms with E-state index in [1.54, 1.807) is 12.3 Å². The van der Waals surface area contributed by atoms with E-state index in [-0.39, 0.29) is 24.3 Å². The Labute approximate surface area is 148 Å². The molecule has 1 heterocycles. The first-order valence-corrected chi connectivity index (χ1v) is 9.17. The Morgan fingerprint density at radius 1 is 1.50 bits per heavy atom. The van der Waals surface area contributed by atoms with Gasteiger partial charge in [0.1, 0.15) is 11.1 Å².